The minimum absolute atomic E-state index is 0.0991. The van der Waals surface area contributed by atoms with Gasteiger partial charge >= 0.3 is 5.97 Å². The van der Waals surface area contributed by atoms with Crippen molar-refractivity contribution in [1.29, 1.82) is 0 Å². The second kappa shape index (κ2) is 3.23. The number of carboxylic acid groups (broad SMARTS) is 1. The summed E-state index contributed by atoms with van der Waals surface area (Å²) in [5.74, 6) is -0.886. The fraction of sp³-hybridized carbons (Fsp3) is 0.222. The van der Waals surface area contributed by atoms with Crippen LogP contribution >= 0.6 is 0 Å². The van der Waals surface area contributed by atoms with Crippen LogP contribution in [0.3, 0.4) is 0 Å². The first kappa shape index (κ1) is 9.45. The third kappa shape index (κ3) is 1.50. The van der Waals surface area contributed by atoms with Gasteiger partial charge in [-0.15, -0.1) is 0 Å². The van der Waals surface area contributed by atoms with Gasteiger partial charge in [-0.05, 0) is 13.0 Å². The molecule has 0 saturated carbocycles. The molecule has 0 fully saturated rings. The van der Waals surface area contributed by atoms with Gasteiger partial charge in [0.25, 0.3) is 0 Å². The highest BCUT2D eigenvalue weighted by Gasteiger charge is 2.19. The molecule has 6 heteroatoms. The van der Waals surface area contributed by atoms with E-state index < -0.39 is 5.97 Å². The molecule has 0 unspecified atom stereocenters. The Hall–Kier alpha value is -2.11. The minimum Gasteiger partial charge on any atom is -0.476 e. The number of carboxylic acids is 1. The van der Waals surface area contributed by atoms with Crippen molar-refractivity contribution in [1.82, 2.24) is 14.8 Å². The first-order valence-electron chi connectivity index (χ1n) is 4.27. The number of aryl methyl sites for hydroxylation is 2. The molecule has 0 saturated heterocycles. The molecule has 78 valence electrons. The molecular weight excluding hydrogens is 198 g/mol. The van der Waals surface area contributed by atoms with E-state index in [0.717, 1.165) is 12.1 Å². The van der Waals surface area contributed by atoms with E-state index in [9.17, 15) is 4.79 Å². The van der Waals surface area contributed by atoms with Crippen LogP contribution in [-0.4, -0.2) is 25.8 Å². The van der Waals surface area contributed by atoms with Crippen LogP contribution in [0.1, 0.15) is 16.2 Å². The van der Waals surface area contributed by atoms with Crippen LogP contribution in [0, 0.1) is 6.92 Å². The number of rotatable bonds is 2. The molecule has 0 radical (unpaired) electrons. The molecule has 0 aliphatic heterocycles. The summed E-state index contributed by atoms with van der Waals surface area (Å²) in [5, 5.41) is 13.0. The molecule has 1 N–H and O–H groups in total. The van der Waals surface area contributed by atoms with Gasteiger partial charge in [0.15, 0.2) is 17.8 Å². The average molecular weight is 207 g/mol. The lowest BCUT2D eigenvalue weighted by molar-refractivity contribution is 0.0691. The highest BCUT2D eigenvalue weighted by Crippen LogP contribution is 2.23. The molecular formula is C9H9N3O3. The van der Waals surface area contributed by atoms with E-state index in [1.807, 2.05) is 6.92 Å². The Labute approximate surface area is 85.2 Å². The average Bonchev–Trinajstić information content (AvgIpc) is 2.71. The fourth-order valence-electron chi connectivity index (χ4n) is 1.40. The number of hydrogen-bond acceptors (Lipinski definition) is 4. The maximum Gasteiger partial charge on any atom is 0.358 e. The number of nitrogens with zero attached hydrogens (tertiary/aromatic N) is 3. The Morgan fingerprint density at radius 1 is 1.60 bits per heavy atom. The zero-order valence-electron chi connectivity index (χ0n) is 8.26. The van der Waals surface area contributed by atoms with Gasteiger partial charge in [-0.3, -0.25) is 4.68 Å². The zero-order valence-corrected chi connectivity index (χ0v) is 8.26. The van der Waals surface area contributed by atoms with Crippen LogP contribution in [0.4, 0.5) is 0 Å². The summed E-state index contributed by atoms with van der Waals surface area (Å²) in [6, 6.07) is 1.74. The summed E-state index contributed by atoms with van der Waals surface area (Å²) >= 11 is 0. The molecule has 0 aliphatic carbocycles. The first-order valence-corrected chi connectivity index (χ1v) is 4.27. The first-order chi connectivity index (χ1) is 7.09. The topological polar surface area (TPSA) is 81.1 Å². The highest BCUT2D eigenvalue weighted by atomic mass is 16.4. The van der Waals surface area contributed by atoms with Crippen molar-refractivity contribution in [2.75, 3.05) is 0 Å². The normalized spacial score (nSPS) is 10.5. The van der Waals surface area contributed by atoms with E-state index in [-0.39, 0.29) is 11.5 Å². The van der Waals surface area contributed by atoms with E-state index in [2.05, 4.69) is 10.1 Å². The minimum atomic E-state index is -1.11. The van der Waals surface area contributed by atoms with E-state index in [1.165, 1.54) is 0 Å². The van der Waals surface area contributed by atoms with E-state index in [4.69, 9.17) is 9.52 Å². The van der Waals surface area contributed by atoms with Gasteiger partial charge in [0.05, 0.1) is 5.69 Å². The summed E-state index contributed by atoms with van der Waals surface area (Å²) in [7, 11) is 1.72. The van der Waals surface area contributed by atoms with Crippen LogP contribution in [0.2, 0.25) is 0 Å². The summed E-state index contributed by atoms with van der Waals surface area (Å²) in [5.41, 5.74) is 1.29. The number of aromatic carboxylic acids is 1. The summed E-state index contributed by atoms with van der Waals surface area (Å²) in [6.45, 7) is 1.82. The van der Waals surface area contributed by atoms with Crippen molar-refractivity contribution in [2.45, 2.75) is 6.92 Å². The maximum absolute atomic E-state index is 10.8. The van der Waals surface area contributed by atoms with Crippen LogP contribution < -0.4 is 0 Å². The van der Waals surface area contributed by atoms with Crippen molar-refractivity contribution in [3.8, 4) is 11.5 Å². The lowest BCUT2D eigenvalue weighted by atomic mass is 10.2. The molecule has 2 aromatic heterocycles. The zero-order chi connectivity index (χ0) is 11.0. The summed E-state index contributed by atoms with van der Waals surface area (Å²) in [6.07, 6.45) is 1.11. The summed E-state index contributed by atoms with van der Waals surface area (Å²) < 4.78 is 6.61. The smallest absolute Gasteiger partial charge is 0.358 e. The highest BCUT2D eigenvalue weighted by molar-refractivity contribution is 5.91. The van der Waals surface area contributed by atoms with Gasteiger partial charge in [-0.25, -0.2) is 9.78 Å². The van der Waals surface area contributed by atoms with Gasteiger partial charge in [-0.2, -0.15) is 5.10 Å². The van der Waals surface area contributed by atoms with E-state index in [0.29, 0.717) is 5.69 Å². The lowest BCUT2D eigenvalue weighted by Crippen LogP contribution is -2.01. The van der Waals surface area contributed by atoms with Crippen molar-refractivity contribution in [3.63, 3.8) is 0 Å². The predicted octanol–water partition coefficient (Wildman–Crippen LogP) is 1.08. The predicted molar refractivity (Wildman–Crippen MR) is 50.4 cm³/mol. The van der Waals surface area contributed by atoms with Gasteiger partial charge in [-0.1, -0.05) is 0 Å². The number of carbonyl (C=O) groups is 1. The Bertz CT molecular complexity index is 512. The molecule has 0 spiro atoms. The van der Waals surface area contributed by atoms with Gasteiger partial charge < -0.3 is 9.52 Å². The van der Waals surface area contributed by atoms with Crippen LogP contribution in [0.5, 0.6) is 0 Å². The number of aromatic nitrogens is 3. The lowest BCUT2D eigenvalue weighted by Gasteiger charge is -1.97. The second-order valence-electron chi connectivity index (χ2n) is 3.13. The molecule has 6 nitrogen and oxygen atoms in total. The Balaban J connectivity index is 2.58. The van der Waals surface area contributed by atoms with Crippen molar-refractivity contribution in [2.24, 2.45) is 7.05 Å². The molecule has 0 bridgehead atoms. The maximum atomic E-state index is 10.8. The SMILES string of the molecule is Cc1cc(-c2ocnc2C(=O)O)n(C)n1. The van der Waals surface area contributed by atoms with Crippen LogP contribution in [0.15, 0.2) is 16.9 Å². The van der Waals surface area contributed by atoms with Gasteiger partial charge in [0.1, 0.15) is 5.69 Å². The third-order valence-electron chi connectivity index (χ3n) is 2.00. The van der Waals surface area contributed by atoms with Gasteiger partial charge in [0.2, 0.25) is 0 Å². The Morgan fingerprint density at radius 2 is 2.33 bits per heavy atom. The van der Waals surface area contributed by atoms with Crippen LogP contribution in [-0.2, 0) is 7.05 Å². The molecule has 0 aromatic carbocycles. The standard InChI is InChI=1S/C9H9N3O3/c1-5-3-6(12(2)11-5)8-7(9(13)14)10-4-15-8/h3-4H,1-2H3,(H,13,14). The van der Waals surface area contributed by atoms with E-state index in [1.54, 1.807) is 17.8 Å². The second-order valence-corrected chi connectivity index (χ2v) is 3.13. The quantitative estimate of drug-likeness (QED) is 0.796. The molecule has 2 rings (SSSR count). The largest absolute Gasteiger partial charge is 0.476 e. The number of hydrogen-bond donors (Lipinski definition) is 1. The van der Waals surface area contributed by atoms with E-state index >= 15 is 0 Å². The molecule has 0 aliphatic rings. The van der Waals surface area contributed by atoms with Crippen molar-refractivity contribution < 1.29 is 14.3 Å². The van der Waals surface area contributed by atoms with Crippen molar-refractivity contribution >= 4 is 5.97 Å². The van der Waals surface area contributed by atoms with Crippen molar-refractivity contribution in [3.05, 3.63) is 23.8 Å². The molecule has 0 amide bonds. The monoisotopic (exact) mass is 207 g/mol. The third-order valence-corrected chi connectivity index (χ3v) is 2.00. The Kier molecular flexibility index (Phi) is 2.03. The fourth-order valence-corrected chi connectivity index (χ4v) is 1.40. The number of oxazole rings is 1. The molecule has 15 heavy (non-hydrogen) atoms. The molecule has 2 heterocycles. The summed E-state index contributed by atoms with van der Waals surface area (Å²) in [4.78, 5) is 14.5. The molecule has 0 atom stereocenters. The Morgan fingerprint density at radius 3 is 2.87 bits per heavy atom. The van der Waals surface area contributed by atoms with Crippen LogP contribution in [0.25, 0.3) is 11.5 Å². The van der Waals surface area contributed by atoms with Gasteiger partial charge in [0, 0.05) is 7.05 Å². The molecule has 2 aromatic rings.